The number of methoxy groups -OCH3 is 4. The van der Waals surface area contributed by atoms with Crippen LogP contribution in [-0.4, -0.2) is 88.4 Å². The van der Waals surface area contributed by atoms with Crippen molar-refractivity contribution in [3.05, 3.63) is 94.4 Å². The van der Waals surface area contributed by atoms with Crippen LogP contribution in [0.4, 0.5) is 0 Å². The Hall–Kier alpha value is -4.71. The van der Waals surface area contributed by atoms with Gasteiger partial charge in [0.1, 0.15) is 5.58 Å². The predicted molar refractivity (Wildman–Crippen MR) is 221 cm³/mol. The number of unbranched alkanes of at least 4 members (excludes halogenated alkanes) is 1. The van der Waals surface area contributed by atoms with Crippen LogP contribution in [0.2, 0.25) is 0 Å². The normalized spacial score (nSPS) is 24.2. The number of allylic oxidation sites excluding steroid dienone is 1. The number of benzene rings is 3. The minimum Gasteiger partial charge on any atom is -0.493 e. The lowest BCUT2D eigenvalue weighted by atomic mass is 9.72. The minimum atomic E-state index is -0.628. The van der Waals surface area contributed by atoms with Crippen molar-refractivity contribution in [3.8, 4) is 23.0 Å². The first kappa shape index (κ1) is 40.1. The van der Waals surface area contributed by atoms with E-state index in [1.165, 1.54) is 16.7 Å². The molecule has 0 aliphatic carbocycles. The van der Waals surface area contributed by atoms with E-state index in [1.807, 2.05) is 29.2 Å². The van der Waals surface area contributed by atoms with E-state index in [0.29, 0.717) is 67.9 Å². The number of fused-ring (bicyclic) bond motifs is 5. The molecule has 0 radical (unpaired) electrons. The first-order chi connectivity index (χ1) is 28.4. The van der Waals surface area contributed by atoms with Gasteiger partial charge in [-0.25, -0.2) is 0 Å². The third-order valence-electron chi connectivity index (χ3n) is 13.1. The second-order valence-corrected chi connectivity index (χ2v) is 16.1. The SMILES string of the molecule is CCC1CN2CCc3cc(OC)c(OC)cc3C2CC1CC1c2cc(OC)c(OC)cc2CCN1C(=O)C1=CC(c2coc3ccccc23)CC(OCCCCO)O1. The highest BCUT2D eigenvalue weighted by atomic mass is 16.7. The zero-order chi connectivity index (χ0) is 40.3. The summed E-state index contributed by atoms with van der Waals surface area (Å²) in [4.78, 5) is 19.9. The zero-order valence-corrected chi connectivity index (χ0v) is 34.5. The van der Waals surface area contributed by atoms with E-state index in [0.717, 1.165) is 72.4 Å². The quantitative estimate of drug-likeness (QED) is 0.126. The third kappa shape index (κ3) is 7.76. The molecule has 58 heavy (non-hydrogen) atoms. The number of amides is 1. The van der Waals surface area contributed by atoms with Gasteiger partial charge in [-0.3, -0.25) is 9.69 Å². The van der Waals surface area contributed by atoms with Crippen LogP contribution in [0.25, 0.3) is 11.0 Å². The molecule has 0 spiro atoms. The fourth-order valence-corrected chi connectivity index (χ4v) is 10.1. The standard InChI is InChI=1S/C47H58N2O9/c1-6-29-27-48-15-13-30-21-41(52-2)43(54-4)25-35(30)38(48)19-32(29)20-39-36-26-44(55-5)42(53-3)22-31(36)14-16-49(39)47(51)45-23-33(24-46(58-45)56-18-10-9-17-50)37-28-57-40-12-8-7-11-34(37)40/h7-8,11-12,21-23,25-26,28-29,32-33,38-39,46,50H,6,9-10,13-20,24,27H2,1-5H3. The van der Waals surface area contributed by atoms with Crippen molar-refractivity contribution in [1.29, 1.82) is 0 Å². The lowest BCUT2D eigenvalue weighted by Gasteiger charge is -2.49. The molecule has 0 bridgehead atoms. The van der Waals surface area contributed by atoms with Crippen LogP contribution < -0.4 is 18.9 Å². The molecule has 6 unspecified atom stereocenters. The molecular formula is C47H58N2O9. The van der Waals surface area contributed by atoms with Gasteiger partial charge in [-0.1, -0.05) is 31.5 Å². The molecule has 0 saturated carbocycles. The molecule has 4 aliphatic rings. The lowest BCUT2D eigenvalue weighted by Crippen LogP contribution is -2.48. The van der Waals surface area contributed by atoms with Crippen LogP contribution in [-0.2, 0) is 27.1 Å². The maximum Gasteiger partial charge on any atom is 0.289 e. The Morgan fingerprint density at radius 1 is 0.828 bits per heavy atom. The van der Waals surface area contributed by atoms with Crippen molar-refractivity contribution in [2.24, 2.45) is 11.8 Å². The summed E-state index contributed by atoms with van der Waals surface area (Å²) in [5.41, 5.74) is 6.70. The maximum atomic E-state index is 15.2. The van der Waals surface area contributed by atoms with Crippen LogP contribution in [0.15, 0.2) is 71.0 Å². The van der Waals surface area contributed by atoms with Gasteiger partial charge in [0, 0.05) is 55.6 Å². The number of nitrogens with zero attached hydrogens (tertiary/aromatic N) is 2. The van der Waals surface area contributed by atoms with Gasteiger partial charge in [-0.05, 0) is 109 Å². The van der Waals surface area contributed by atoms with E-state index in [-0.39, 0.29) is 30.5 Å². The van der Waals surface area contributed by atoms with E-state index >= 15 is 4.79 Å². The van der Waals surface area contributed by atoms with Crippen molar-refractivity contribution >= 4 is 16.9 Å². The van der Waals surface area contributed by atoms with E-state index in [4.69, 9.17) is 32.8 Å². The molecule has 4 aromatic rings. The second kappa shape index (κ2) is 17.6. The number of aliphatic hydroxyl groups excluding tert-OH is 1. The van der Waals surface area contributed by atoms with Crippen molar-refractivity contribution in [2.75, 3.05) is 61.3 Å². The molecule has 5 heterocycles. The van der Waals surface area contributed by atoms with Gasteiger partial charge < -0.3 is 42.8 Å². The third-order valence-corrected chi connectivity index (χ3v) is 13.1. The van der Waals surface area contributed by atoms with E-state index in [9.17, 15) is 5.11 Å². The summed E-state index contributed by atoms with van der Waals surface area (Å²) < 4.78 is 41.9. The molecule has 8 rings (SSSR count). The first-order valence-corrected chi connectivity index (χ1v) is 21.0. The van der Waals surface area contributed by atoms with Crippen molar-refractivity contribution in [2.45, 2.75) is 82.6 Å². The Balaban J connectivity index is 1.15. The Labute approximate surface area is 341 Å². The molecule has 4 aliphatic heterocycles. The fourth-order valence-electron chi connectivity index (χ4n) is 10.1. The van der Waals surface area contributed by atoms with Gasteiger partial charge in [0.15, 0.2) is 28.8 Å². The molecule has 11 nitrogen and oxygen atoms in total. The molecular weight excluding hydrogens is 737 g/mol. The van der Waals surface area contributed by atoms with Crippen molar-refractivity contribution in [3.63, 3.8) is 0 Å². The van der Waals surface area contributed by atoms with E-state index < -0.39 is 6.29 Å². The number of hydrogen-bond acceptors (Lipinski definition) is 10. The molecule has 1 fully saturated rings. The number of hydrogen-bond donors (Lipinski definition) is 1. The summed E-state index contributed by atoms with van der Waals surface area (Å²) in [6, 6.07) is 16.5. The molecule has 1 amide bonds. The summed E-state index contributed by atoms with van der Waals surface area (Å²) in [7, 11) is 6.73. The smallest absolute Gasteiger partial charge is 0.289 e. The maximum absolute atomic E-state index is 15.2. The summed E-state index contributed by atoms with van der Waals surface area (Å²) in [6.45, 7) is 5.37. The first-order valence-electron chi connectivity index (χ1n) is 21.0. The highest BCUT2D eigenvalue weighted by Gasteiger charge is 2.43. The average molecular weight is 795 g/mol. The number of carbonyl (C=O) groups is 1. The molecule has 1 N–H and O–H groups in total. The zero-order valence-electron chi connectivity index (χ0n) is 34.5. The van der Waals surface area contributed by atoms with Crippen LogP contribution >= 0.6 is 0 Å². The number of para-hydroxylation sites is 1. The second-order valence-electron chi connectivity index (χ2n) is 16.1. The summed E-state index contributed by atoms with van der Waals surface area (Å²) in [5, 5.41) is 10.4. The molecule has 1 aromatic heterocycles. The average Bonchev–Trinajstić information content (AvgIpc) is 3.70. The highest BCUT2D eigenvalue weighted by Crippen LogP contribution is 2.50. The monoisotopic (exact) mass is 794 g/mol. The van der Waals surface area contributed by atoms with Gasteiger partial charge in [0.05, 0.1) is 47.4 Å². The highest BCUT2D eigenvalue weighted by molar-refractivity contribution is 5.93. The van der Waals surface area contributed by atoms with Gasteiger partial charge >= 0.3 is 0 Å². The molecule has 11 heteroatoms. The van der Waals surface area contributed by atoms with Crippen molar-refractivity contribution < 1.29 is 42.7 Å². The molecule has 310 valence electrons. The van der Waals surface area contributed by atoms with Gasteiger partial charge in [0.25, 0.3) is 5.91 Å². The number of piperidine rings is 1. The number of rotatable bonds is 14. The Bertz CT molecular complexity index is 2110. The fraction of sp³-hybridized carbons (Fsp3) is 0.511. The molecule has 1 saturated heterocycles. The van der Waals surface area contributed by atoms with Crippen LogP contribution in [0, 0.1) is 11.8 Å². The summed E-state index contributed by atoms with van der Waals surface area (Å²) in [6.07, 6.45) is 9.49. The van der Waals surface area contributed by atoms with Crippen LogP contribution in [0.5, 0.6) is 23.0 Å². The minimum absolute atomic E-state index is 0.102. The largest absolute Gasteiger partial charge is 0.493 e. The predicted octanol–water partition coefficient (Wildman–Crippen LogP) is 8.13. The summed E-state index contributed by atoms with van der Waals surface area (Å²) >= 11 is 0. The van der Waals surface area contributed by atoms with Crippen LogP contribution in [0.1, 0.15) is 91.3 Å². The number of carbonyl (C=O) groups excluding carboxylic acids is 1. The topological polar surface area (TPSA) is 112 Å². The lowest BCUT2D eigenvalue weighted by molar-refractivity contribution is -0.155. The van der Waals surface area contributed by atoms with Gasteiger partial charge in [-0.15, -0.1) is 0 Å². The van der Waals surface area contributed by atoms with Gasteiger partial charge in [0.2, 0.25) is 6.29 Å². The van der Waals surface area contributed by atoms with E-state index in [2.05, 4.69) is 42.2 Å². The Morgan fingerprint density at radius 2 is 1.52 bits per heavy atom. The number of aliphatic hydroxyl groups is 1. The van der Waals surface area contributed by atoms with E-state index in [1.54, 1.807) is 34.7 Å². The molecule has 3 aromatic carbocycles. The molecule has 6 atom stereocenters. The summed E-state index contributed by atoms with van der Waals surface area (Å²) in [5.74, 6) is 3.66. The van der Waals surface area contributed by atoms with Crippen LogP contribution in [0.3, 0.4) is 0 Å². The Kier molecular flexibility index (Phi) is 12.2. The van der Waals surface area contributed by atoms with Gasteiger partial charge in [-0.2, -0.15) is 0 Å². The van der Waals surface area contributed by atoms with Crippen molar-refractivity contribution in [1.82, 2.24) is 9.80 Å². The Morgan fingerprint density at radius 3 is 2.24 bits per heavy atom. The number of furan rings is 1. The number of ether oxygens (including phenoxy) is 6.